The van der Waals surface area contributed by atoms with Gasteiger partial charge in [0.25, 0.3) is 0 Å². The molecule has 0 aromatic rings. The highest BCUT2D eigenvalue weighted by Crippen LogP contribution is 2.07. The van der Waals surface area contributed by atoms with Crippen molar-refractivity contribution in [3.63, 3.8) is 0 Å². The average Bonchev–Trinajstić information content (AvgIpc) is 1.99. The zero-order valence-corrected chi connectivity index (χ0v) is 9.90. The third-order valence-electron chi connectivity index (χ3n) is 1.34. The molecule has 0 heterocycles. The van der Waals surface area contributed by atoms with Gasteiger partial charge in [0.05, 0.1) is 0 Å². The van der Waals surface area contributed by atoms with Gasteiger partial charge >= 0.3 is 0 Å². The second-order valence-corrected chi connectivity index (χ2v) is 4.03. The molecule has 11 heavy (non-hydrogen) atoms. The number of hydrogen-bond donors (Lipinski definition) is 0. The van der Waals surface area contributed by atoms with Gasteiger partial charge in [-0.15, -0.1) is 0 Å². The van der Waals surface area contributed by atoms with Crippen LogP contribution in [0.5, 0.6) is 0 Å². The summed E-state index contributed by atoms with van der Waals surface area (Å²) < 4.78 is 6.56. The molecule has 0 fully saturated rings. The Balaban J connectivity index is 2.97. The van der Waals surface area contributed by atoms with E-state index in [4.69, 9.17) is 16.3 Å². The molecule has 0 bridgehead atoms. The Morgan fingerprint density at radius 2 is 2.18 bits per heavy atom. The predicted molar refractivity (Wildman–Crippen MR) is 58.6 cm³/mol. The molecule has 0 aliphatic rings. The van der Waals surface area contributed by atoms with Crippen LogP contribution >= 0.6 is 34.2 Å². The van der Waals surface area contributed by atoms with Gasteiger partial charge in [0.2, 0.25) is 0 Å². The Labute approximate surface area is 88.0 Å². The molecule has 0 aliphatic carbocycles. The zero-order valence-electron chi connectivity index (χ0n) is 6.98. The van der Waals surface area contributed by atoms with Crippen LogP contribution < -0.4 is 0 Å². The van der Waals surface area contributed by atoms with Gasteiger partial charge in [-0.3, -0.25) is 0 Å². The van der Waals surface area contributed by atoms with Gasteiger partial charge in [0, 0.05) is 6.61 Å². The standard InChI is InChI=1S/C8H16ClIO/c1-2-5-8(9)11-7-4-3-6-10/h8H,2-7H2,1H3. The second-order valence-electron chi connectivity index (χ2n) is 2.47. The third kappa shape index (κ3) is 8.89. The van der Waals surface area contributed by atoms with Crippen LogP contribution in [0.3, 0.4) is 0 Å². The van der Waals surface area contributed by atoms with Crippen LogP contribution in [0.1, 0.15) is 32.6 Å². The number of hydrogen-bond acceptors (Lipinski definition) is 1. The minimum absolute atomic E-state index is 0.0609. The first-order chi connectivity index (χ1) is 5.31. The van der Waals surface area contributed by atoms with Gasteiger partial charge in [-0.25, -0.2) is 0 Å². The lowest BCUT2D eigenvalue weighted by Crippen LogP contribution is -2.05. The van der Waals surface area contributed by atoms with Crippen molar-refractivity contribution in [2.45, 2.75) is 38.2 Å². The minimum Gasteiger partial charge on any atom is -0.362 e. The van der Waals surface area contributed by atoms with Crippen molar-refractivity contribution >= 4 is 34.2 Å². The SMILES string of the molecule is CCCC(Cl)OCCCCI. The van der Waals surface area contributed by atoms with E-state index in [0.717, 1.165) is 25.9 Å². The van der Waals surface area contributed by atoms with Crippen molar-refractivity contribution in [3.8, 4) is 0 Å². The molecule has 0 N–H and O–H groups in total. The zero-order chi connectivity index (χ0) is 8.53. The van der Waals surface area contributed by atoms with E-state index in [0.29, 0.717) is 0 Å². The molecule has 0 aromatic carbocycles. The average molecular weight is 291 g/mol. The molecule has 1 unspecified atom stereocenters. The molecule has 0 radical (unpaired) electrons. The molecule has 0 saturated heterocycles. The van der Waals surface area contributed by atoms with Gasteiger partial charge in [-0.1, -0.05) is 47.5 Å². The van der Waals surface area contributed by atoms with Crippen LogP contribution in [-0.4, -0.2) is 16.6 Å². The van der Waals surface area contributed by atoms with E-state index < -0.39 is 0 Å². The summed E-state index contributed by atoms with van der Waals surface area (Å²) in [6.07, 6.45) is 4.43. The van der Waals surface area contributed by atoms with E-state index >= 15 is 0 Å². The number of rotatable bonds is 7. The second kappa shape index (κ2) is 9.07. The molecule has 0 saturated carbocycles. The number of alkyl halides is 2. The van der Waals surface area contributed by atoms with Crippen LogP contribution in [0.15, 0.2) is 0 Å². The van der Waals surface area contributed by atoms with Crippen molar-refractivity contribution in [1.29, 1.82) is 0 Å². The van der Waals surface area contributed by atoms with E-state index in [1.807, 2.05) is 0 Å². The molecule has 0 aliphatic heterocycles. The first kappa shape index (κ1) is 12.0. The molecule has 3 heteroatoms. The van der Waals surface area contributed by atoms with Crippen molar-refractivity contribution in [2.75, 3.05) is 11.0 Å². The highest BCUT2D eigenvalue weighted by Gasteiger charge is 2.00. The van der Waals surface area contributed by atoms with Crippen LogP contribution in [0.4, 0.5) is 0 Å². The van der Waals surface area contributed by atoms with Gasteiger partial charge in [-0.2, -0.15) is 0 Å². The summed E-state index contributed by atoms with van der Waals surface area (Å²) in [5.41, 5.74) is -0.0609. The topological polar surface area (TPSA) is 9.23 Å². The minimum atomic E-state index is -0.0609. The van der Waals surface area contributed by atoms with Gasteiger partial charge in [0.1, 0.15) is 5.56 Å². The monoisotopic (exact) mass is 290 g/mol. The van der Waals surface area contributed by atoms with Crippen molar-refractivity contribution in [2.24, 2.45) is 0 Å². The van der Waals surface area contributed by atoms with Crippen LogP contribution in [0.25, 0.3) is 0 Å². The Kier molecular flexibility index (Phi) is 9.88. The van der Waals surface area contributed by atoms with E-state index in [2.05, 4.69) is 29.5 Å². The molecule has 0 amide bonds. The van der Waals surface area contributed by atoms with E-state index in [-0.39, 0.29) is 5.56 Å². The van der Waals surface area contributed by atoms with Gasteiger partial charge in [0.15, 0.2) is 0 Å². The van der Waals surface area contributed by atoms with Gasteiger partial charge < -0.3 is 4.74 Å². The fourth-order valence-corrected chi connectivity index (χ4v) is 1.56. The lowest BCUT2D eigenvalue weighted by atomic mass is 10.3. The lowest BCUT2D eigenvalue weighted by Gasteiger charge is -2.08. The Morgan fingerprint density at radius 1 is 1.45 bits per heavy atom. The Bertz CT molecular complexity index is 80.5. The summed E-state index contributed by atoms with van der Waals surface area (Å²) in [5.74, 6) is 0. The lowest BCUT2D eigenvalue weighted by molar-refractivity contribution is 0.0991. The van der Waals surface area contributed by atoms with Crippen molar-refractivity contribution < 1.29 is 4.74 Å². The molecular formula is C8H16ClIO. The van der Waals surface area contributed by atoms with E-state index in [1.165, 1.54) is 10.8 Å². The summed E-state index contributed by atoms with van der Waals surface area (Å²) >= 11 is 8.21. The van der Waals surface area contributed by atoms with Crippen LogP contribution in [-0.2, 0) is 4.74 Å². The summed E-state index contributed by atoms with van der Waals surface area (Å²) in [6, 6.07) is 0. The molecule has 0 rings (SSSR count). The van der Waals surface area contributed by atoms with E-state index in [1.54, 1.807) is 0 Å². The smallest absolute Gasteiger partial charge is 0.131 e. The normalized spacial score (nSPS) is 13.4. The molecule has 0 aromatic heterocycles. The summed E-state index contributed by atoms with van der Waals surface area (Å²) in [6.45, 7) is 2.93. The molecule has 0 spiro atoms. The highest BCUT2D eigenvalue weighted by molar-refractivity contribution is 14.1. The van der Waals surface area contributed by atoms with Crippen molar-refractivity contribution in [1.82, 2.24) is 0 Å². The summed E-state index contributed by atoms with van der Waals surface area (Å²) in [7, 11) is 0. The van der Waals surface area contributed by atoms with E-state index in [9.17, 15) is 0 Å². The summed E-state index contributed by atoms with van der Waals surface area (Å²) in [5, 5.41) is 0. The maximum atomic E-state index is 5.84. The highest BCUT2D eigenvalue weighted by atomic mass is 127. The maximum Gasteiger partial charge on any atom is 0.131 e. The summed E-state index contributed by atoms with van der Waals surface area (Å²) in [4.78, 5) is 0. The Morgan fingerprint density at radius 3 is 2.73 bits per heavy atom. The number of unbranched alkanes of at least 4 members (excludes halogenated alkanes) is 1. The van der Waals surface area contributed by atoms with Gasteiger partial charge in [-0.05, 0) is 23.7 Å². The maximum absolute atomic E-state index is 5.84. The molecule has 68 valence electrons. The Hall–Kier alpha value is 0.980. The van der Waals surface area contributed by atoms with Crippen LogP contribution in [0, 0.1) is 0 Å². The quantitative estimate of drug-likeness (QED) is 0.395. The predicted octanol–water partition coefficient (Wildman–Crippen LogP) is 3.58. The largest absolute Gasteiger partial charge is 0.362 e. The fraction of sp³-hybridized carbons (Fsp3) is 1.00. The number of ether oxygens (including phenoxy) is 1. The molecular weight excluding hydrogens is 274 g/mol. The first-order valence-corrected chi connectivity index (χ1v) is 6.09. The number of halogens is 2. The molecule has 1 atom stereocenters. The van der Waals surface area contributed by atoms with Crippen LogP contribution in [0.2, 0.25) is 0 Å². The third-order valence-corrected chi connectivity index (χ3v) is 2.45. The molecule has 1 nitrogen and oxygen atoms in total. The van der Waals surface area contributed by atoms with Crippen molar-refractivity contribution in [3.05, 3.63) is 0 Å². The fourth-order valence-electron chi connectivity index (χ4n) is 0.718. The first-order valence-electron chi connectivity index (χ1n) is 4.13.